The van der Waals surface area contributed by atoms with Gasteiger partial charge in [-0.2, -0.15) is 0 Å². The van der Waals surface area contributed by atoms with Crippen LogP contribution in [0.5, 0.6) is 0 Å². The summed E-state index contributed by atoms with van der Waals surface area (Å²) in [4.78, 5) is 27.8. The summed E-state index contributed by atoms with van der Waals surface area (Å²) in [5.74, 6) is 0.0926. The van der Waals surface area contributed by atoms with Gasteiger partial charge in [0.25, 0.3) is 5.91 Å². The van der Waals surface area contributed by atoms with Crippen molar-refractivity contribution in [2.24, 2.45) is 5.92 Å². The summed E-state index contributed by atoms with van der Waals surface area (Å²) in [5, 5.41) is 5.22. The van der Waals surface area contributed by atoms with Crippen LogP contribution < -0.4 is 5.32 Å². The van der Waals surface area contributed by atoms with E-state index < -0.39 is 0 Å². The summed E-state index contributed by atoms with van der Waals surface area (Å²) in [7, 11) is 0. The summed E-state index contributed by atoms with van der Waals surface area (Å²) >= 11 is 0. The van der Waals surface area contributed by atoms with Crippen molar-refractivity contribution in [1.82, 2.24) is 10.2 Å². The van der Waals surface area contributed by atoms with Crippen molar-refractivity contribution in [2.45, 2.75) is 32.7 Å². The first-order valence-corrected chi connectivity index (χ1v) is 10.7. The fourth-order valence-corrected chi connectivity index (χ4v) is 4.41. The smallest absolute Gasteiger partial charge is 0.254 e. The lowest BCUT2D eigenvalue weighted by molar-refractivity contribution is -0.127. The third-order valence-electron chi connectivity index (χ3n) is 6.19. The Bertz CT molecular complexity index is 1060. The second-order valence-electron chi connectivity index (χ2n) is 8.18. The van der Waals surface area contributed by atoms with Crippen LogP contribution in [0.2, 0.25) is 0 Å². The van der Waals surface area contributed by atoms with Gasteiger partial charge >= 0.3 is 0 Å². The van der Waals surface area contributed by atoms with Gasteiger partial charge in [0.15, 0.2) is 0 Å². The Hall–Kier alpha value is -3.14. The molecule has 1 aliphatic heterocycles. The number of hydrogen-bond acceptors (Lipinski definition) is 2. The van der Waals surface area contributed by atoms with Crippen LogP contribution in [0.3, 0.4) is 0 Å². The molecule has 3 aromatic rings. The Morgan fingerprint density at radius 3 is 2.37 bits per heavy atom. The molecule has 0 unspecified atom stereocenters. The maximum atomic E-state index is 13.1. The van der Waals surface area contributed by atoms with Gasteiger partial charge in [-0.1, -0.05) is 60.7 Å². The molecular weight excluding hydrogens is 372 g/mol. The summed E-state index contributed by atoms with van der Waals surface area (Å²) in [6.07, 6.45) is 1.39. The van der Waals surface area contributed by atoms with Crippen LogP contribution in [0.25, 0.3) is 10.8 Å². The van der Waals surface area contributed by atoms with Crippen molar-refractivity contribution < 1.29 is 9.59 Å². The third-order valence-corrected chi connectivity index (χ3v) is 6.19. The summed E-state index contributed by atoms with van der Waals surface area (Å²) < 4.78 is 0. The number of amides is 2. The van der Waals surface area contributed by atoms with E-state index in [1.54, 1.807) is 0 Å². The first-order valence-electron chi connectivity index (χ1n) is 10.7. The van der Waals surface area contributed by atoms with Crippen molar-refractivity contribution in [3.63, 3.8) is 0 Å². The molecule has 1 atom stereocenters. The molecule has 4 nitrogen and oxygen atoms in total. The molecule has 4 rings (SSSR count). The lowest BCUT2D eigenvalue weighted by Crippen LogP contribution is -2.43. The highest BCUT2D eigenvalue weighted by atomic mass is 16.2. The van der Waals surface area contributed by atoms with Gasteiger partial charge in [-0.05, 0) is 54.7 Å². The van der Waals surface area contributed by atoms with Crippen molar-refractivity contribution >= 4 is 22.6 Å². The van der Waals surface area contributed by atoms with Crippen molar-refractivity contribution in [2.75, 3.05) is 13.1 Å². The van der Waals surface area contributed by atoms with E-state index in [4.69, 9.17) is 0 Å². The zero-order valence-corrected chi connectivity index (χ0v) is 17.6. The molecule has 0 aliphatic carbocycles. The zero-order chi connectivity index (χ0) is 21.1. The number of carbonyl (C=O) groups is 2. The number of benzene rings is 3. The number of hydrogen-bond donors (Lipinski definition) is 1. The van der Waals surface area contributed by atoms with E-state index in [1.807, 2.05) is 66.4 Å². The van der Waals surface area contributed by atoms with Crippen LogP contribution in [0.1, 0.15) is 47.3 Å². The highest BCUT2D eigenvalue weighted by Gasteiger charge is 2.29. The van der Waals surface area contributed by atoms with Crippen LogP contribution in [-0.4, -0.2) is 29.8 Å². The fourth-order valence-electron chi connectivity index (χ4n) is 4.41. The third kappa shape index (κ3) is 4.09. The highest BCUT2D eigenvalue weighted by Crippen LogP contribution is 2.25. The van der Waals surface area contributed by atoms with E-state index in [0.717, 1.165) is 21.9 Å². The summed E-state index contributed by atoms with van der Waals surface area (Å²) in [6, 6.07) is 21.9. The van der Waals surface area contributed by atoms with E-state index in [2.05, 4.69) is 24.4 Å². The van der Waals surface area contributed by atoms with Gasteiger partial charge in [0, 0.05) is 24.6 Å². The predicted molar refractivity (Wildman–Crippen MR) is 120 cm³/mol. The Kier molecular flexibility index (Phi) is 5.84. The average Bonchev–Trinajstić information content (AvgIpc) is 2.78. The number of fused-ring (bicyclic) bond motifs is 1. The van der Waals surface area contributed by atoms with Crippen LogP contribution in [0, 0.1) is 12.8 Å². The molecule has 1 fully saturated rings. The minimum atomic E-state index is -0.0481. The predicted octanol–water partition coefficient (Wildman–Crippen LogP) is 4.88. The molecule has 0 bridgehead atoms. The topological polar surface area (TPSA) is 49.4 Å². The lowest BCUT2D eigenvalue weighted by atomic mass is 9.94. The lowest BCUT2D eigenvalue weighted by Gasteiger charge is -2.32. The van der Waals surface area contributed by atoms with Crippen molar-refractivity contribution in [1.29, 1.82) is 0 Å². The van der Waals surface area contributed by atoms with E-state index in [9.17, 15) is 9.59 Å². The Morgan fingerprint density at radius 1 is 0.933 bits per heavy atom. The Balaban J connectivity index is 1.38. The Morgan fingerprint density at radius 2 is 1.60 bits per heavy atom. The van der Waals surface area contributed by atoms with Gasteiger partial charge < -0.3 is 10.2 Å². The molecule has 1 N–H and O–H groups in total. The van der Waals surface area contributed by atoms with Crippen molar-refractivity contribution in [3.8, 4) is 0 Å². The summed E-state index contributed by atoms with van der Waals surface area (Å²) in [5.41, 5.74) is 3.07. The Labute approximate surface area is 177 Å². The van der Waals surface area contributed by atoms with Gasteiger partial charge in [-0.3, -0.25) is 9.59 Å². The molecule has 4 heteroatoms. The SMILES string of the molecule is Cc1ccccc1[C@H](C)NC(=O)C1CCN(C(=O)c2cccc3ccccc23)CC1. The molecule has 1 saturated heterocycles. The largest absolute Gasteiger partial charge is 0.349 e. The molecule has 0 radical (unpaired) electrons. The highest BCUT2D eigenvalue weighted by molar-refractivity contribution is 6.07. The molecule has 0 aromatic heterocycles. The van der Waals surface area contributed by atoms with Gasteiger partial charge in [0.05, 0.1) is 6.04 Å². The normalized spacial score (nSPS) is 15.7. The van der Waals surface area contributed by atoms with E-state index in [-0.39, 0.29) is 23.8 Å². The molecular formula is C26H28N2O2. The molecule has 2 amide bonds. The molecule has 0 saturated carbocycles. The maximum absolute atomic E-state index is 13.1. The standard InChI is InChI=1S/C26H28N2O2/c1-18-8-3-5-11-22(18)19(2)27-25(29)21-14-16-28(17-15-21)26(30)24-13-7-10-20-9-4-6-12-23(20)24/h3-13,19,21H,14-17H2,1-2H3,(H,27,29)/t19-/m0/s1. The van der Waals surface area contributed by atoms with E-state index in [0.29, 0.717) is 25.9 Å². The van der Waals surface area contributed by atoms with Crippen LogP contribution in [-0.2, 0) is 4.79 Å². The molecule has 154 valence electrons. The molecule has 0 spiro atoms. The van der Waals surface area contributed by atoms with Crippen molar-refractivity contribution in [3.05, 3.63) is 83.4 Å². The summed E-state index contributed by atoms with van der Waals surface area (Å²) in [6.45, 7) is 5.31. The van der Waals surface area contributed by atoms with E-state index >= 15 is 0 Å². The van der Waals surface area contributed by atoms with E-state index in [1.165, 1.54) is 5.56 Å². The molecule has 1 heterocycles. The minimum absolute atomic E-state index is 0.0194. The van der Waals surface area contributed by atoms with Crippen LogP contribution >= 0.6 is 0 Å². The fraction of sp³-hybridized carbons (Fsp3) is 0.308. The molecule has 3 aromatic carbocycles. The van der Waals surface area contributed by atoms with Gasteiger partial charge in [0.1, 0.15) is 0 Å². The first-order chi connectivity index (χ1) is 14.5. The quantitative estimate of drug-likeness (QED) is 0.679. The number of aryl methyl sites for hydroxylation is 1. The van der Waals surface area contributed by atoms with Crippen LogP contribution in [0.15, 0.2) is 66.7 Å². The number of piperidine rings is 1. The van der Waals surface area contributed by atoms with Gasteiger partial charge in [0.2, 0.25) is 5.91 Å². The van der Waals surface area contributed by atoms with Crippen LogP contribution in [0.4, 0.5) is 0 Å². The monoisotopic (exact) mass is 400 g/mol. The number of nitrogens with zero attached hydrogens (tertiary/aromatic N) is 1. The van der Waals surface area contributed by atoms with Gasteiger partial charge in [-0.25, -0.2) is 0 Å². The average molecular weight is 401 g/mol. The maximum Gasteiger partial charge on any atom is 0.254 e. The number of rotatable bonds is 4. The second-order valence-corrected chi connectivity index (χ2v) is 8.18. The second kappa shape index (κ2) is 8.70. The number of nitrogens with one attached hydrogen (secondary N) is 1. The zero-order valence-electron chi connectivity index (χ0n) is 17.6. The molecule has 1 aliphatic rings. The minimum Gasteiger partial charge on any atom is -0.349 e. The van der Waals surface area contributed by atoms with Gasteiger partial charge in [-0.15, -0.1) is 0 Å². The number of likely N-dealkylation sites (tertiary alicyclic amines) is 1. The first kappa shape index (κ1) is 20.1. The number of carbonyl (C=O) groups excluding carboxylic acids is 2. The molecule has 30 heavy (non-hydrogen) atoms.